The van der Waals surface area contributed by atoms with Crippen LogP contribution in [-0.4, -0.2) is 71.0 Å². The first-order valence-corrected chi connectivity index (χ1v) is 12.2. The van der Waals surface area contributed by atoms with Crippen LogP contribution in [0.2, 0.25) is 0 Å². The Morgan fingerprint density at radius 3 is 2.79 bits per heavy atom. The molecule has 12 nitrogen and oxygen atoms in total. The number of nitrogens with zero attached hydrogens (tertiary/aromatic N) is 6. The lowest BCUT2D eigenvalue weighted by Gasteiger charge is -2.26. The molecule has 1 saturated heterocycles. The SMILES string of the molecule is CNc1ccc2ccc(OC[C@H]3O[C@@H](c4cc(-c5ccn(C)n5)c5c(N)ncnn45)[C@](C)(O)[C@@H]3O)cc2n1. The highest BCUT2D eigenvalue weighted by atomic mass is 16.6. The minimum Gasteiger partial charge on any atom is -0.491 e. The first-order valence-electron chi connectivity index (χ1n) is 12.2. The highest BCUT2D eigenvalue weighted by Gasteiger charge is 2.54. The van der Waals surface area contributed by atoms with Crippen molar-refractivity contribution in [1.82, 2.24) is 29.4 Å². The maximum Gasteiger partial charge on any atom is 0.152 e. The quantitative estimate of drug-likeness (QED) is 0.263. The van der Waals surface area contributed by atoms with Gasteiger partial charge in [-0.2, -0.15) is 10.2 Å². The third-order valence-corrected chi connectivity index (χ3v) is 7.00. The van der Waals surface area contributed by atoms with E-state index in [-0.39, 0.29) is 12.4 Å². The Balaban J connectivity index is 1.30. The van der Waals surface area contributed by atoms with E-state index in [0.29, 0.717) is 28.2 Å². The average Bonchev–Trinajstić information content (AvgIpc) is 3.57. The van der Waals surface area contributed by atoms with E-state index in [9.17, 15) is 10.2 Å². The topological polar surface area (TPSA) is 158 Å². The normalized spacial score (nSPS) is 23.3. The summed E-state index contributed by atoms with van der Waals surface area (Å²) in [5, 5.41) is 35.3. The lowest BCUT2D eigenvalue weighted by atomic mass is 9.91. The summed E-state index contributed by atoms with van der Waals surface area (Å²) in [5.41, 5.74) is 7.75. The van der Waals surface area contributed by atoms with Crippen LogP contribution in [0.4, 0.5) is 11.6 Å². The molecule has 1 aliphatic rings. The summed E-state index contributed by atoms with van der Waals surface area (Å²) in [6.45, 7) is 1.55. The first-order chi connectivity index (χ1) is 18.3. The van der Waals surface area contributed by atoms with Gasteiger partial charge in [0.1, 0.15) is 53.9 Å². The fourth-order valence-corrected chi connectivity index (χ4v) is 4.96. The average molecular weight is 517 g/mol. The van der Waals surface area contributed by atoms with Crippen LogP contribution in [0.3, 0.4) is 0 Å². The highest BCUT2D eigenvalue weighted by molar-refractivity contribution is 5.87. The summed E-state index contributed by atoms with van der Waals surface area (Å²) in [4.78, 5) is 8.68. The van der Waals surface area contributed by atoms with E-state index in [4.69, 9.17) is 15.2 Å². The minimum atomic E-state index is -1.64. The van der Waals surface area contributed by atoms with Gasteiger partial charge in [0.2, 0.25) is 0 Å². The van der Waals surface area contributed by atoms with Crippen molar-refractivity contribution in [2.45, 2.75) is 30.8 Å². The van der Waals surface area contributed by atoms with Crippen molar-refractivity contribution >= 4 is 28.1 Å². The maximum absolute atomic E-state index is 11.4. The second-order valence-electron chi connectivity index (χ2n) is 9.60. The number of aliphatic hydroxyl groups excluding tert-OH is 1. The van der Waals surface area contributed by atoms with Crippen LogP contribution in [0.1, 0.15) is 18.7 Å². The van der Waals surface area contributed by atoms with Crippen LogP contribution in [0.25, 0.3) is 27.7 Å². The van der Waals surface area contributed by atoms with E-state index in [1.807, 2.05) is 62.8 Å². The van der Waals surface area contributed by atoms with E-state index < -0.39 is 23.9 Å². The van der Waals surface area contributed by atoms with Crippen LogP contribution < -0.4 is 15.8 Å². The summed E-state index contributed by atoms with van der Waals surface area (Å²) in [6, 6.07) is 13.1. The number of hydrogen-bond donors (Lipinski definition) is 4. The zero-order chi connectivity index (χ0) is 26.6. The number of fused-ring (bicyclic) bond motifs is 2. The van der Waals surface area contributed by atoms with Crippen LogP contribution in [0.5, 0.6) is 5.75 Å². The fraction of sp³-hybridized carbons (Fsp3) is 0.308. The molecular weight excluding hydrogens is 488 g/mol. The molecule has 12 heteroatoms. The van der Waals surface area contributed by atoms with Crippen molar-refractivity contribution in [3.05, 3.63) is 60.7 Å². The zero-order valence-electron chi connectivity index (χ0n) is 21.1. The molecule has 0 spiro atoms. The number of benzene rings is 1. The van der Waals surface area contributed by atoms with Crippen molar-refractivity contribution in [3.63, 3.8) is 0 Å². The van der Waals surface area contributed by atoms with Gasteiger partial charge < -0.3 is 30.7 Å². The highest BCUT2D eigenvalue weighted by Crippen LogP contribution is 2.44. The predicted molar refractivity (Wildman–Crippen MR) is 141 cm³/mol. The van der Waals surface area contributed by atoms with Crippen molar-refractivity contribution in [2.75, 3.05) is 24.7 Å². The van der Waals surface area contributed by atoms with E-state index in [1.54, 1.807) is 9.20 Å². The molecule has 0 aliphatic carbocycles. The standard InChI is InChI=1S/C26H28N8O4/c1-26(36)23(35)20(12-37-15-6-4-14-5-7-21(28-2)31-18(14)10-15)38-24(26)19-11-16(17-8-9-33(3)32-17)22-25(27)29-13-30-34(19)22/h4-11,13,20,23-24,35-36H,12H2,1-3H3,(H,28,31)(H2,27,29,30)/t20-,23-,24+,26-/m1/s1. The van der Waals surface area contributed by atoms with Gasteiger partial charge in [0.15, 0.2) is 5.82 Å². The van der Waals surface area contributed by atoms with Gasteiger partial charge in [-0.25, -0.2) is 14.5 Å². The number of anilines is 2. The molecule has 5 heterocycles. The number of nitrogen functional groups attached to an aromatic ring is 1. The molecule has 0 bridgehead atoms. The summed E-state index contributed by atoms with van der Waals surface area (Å²) < 4.78 is 15.5. The number of pyridine rings is 1. The van der Waals surface area contributed by atoms with Gasteiger partial charge in [-0.05, 0) is 43.3 Å². The second kappa shape index (κ2) is 8.94. The number of rotatable bonds is 6. The molecule has 6 rings (SSSR count). The van der Waals surface area contributed by atoms with Gasteiger partial charge in [0, 0.05) is 37.3 Å². The zero-order valence-corrected chi connectivity index (χ0v) is 21.1. The number of aromatic nitrogens is 6. The molecule has 5 N–H and O–H groups in total. The van der Waals surface area contributed by atoms with Crippen molar-refractivity contribution in [2.24, 2.45) is 7.05 Å². The predicted octanol–water partition coefficient (Wildman–Crippen LogP) is 1.93. The number of hydrogen-bond acceptors (Lipinski definition) is 10. The van der Waals surface area contributed by atoms with Gasteiger partial charge in [-0.15, -0.1) is 0 Å². The Morgan fingerprint density at radius 2 is 2.03 bits per heavy atom. The Morgan fingerprint density at radius 1 is 1.21 bits per heavy atom. The van der Waals surface area contributed by atoms with Gasteiger partial charge in [-0.1, -0.05) is 0 Å². The third-order valence-electron chi connectivity index (χ3n) is 7.00. The Labute approximate surface area is 217 Å². The van der Waals surface area contributed by atoms with Crippen molar-refractivity contribution in [3.8, 4) is 17.0 Å². The molecule has 0 radical (unpaired) electrons. The first kappa shape index (κ1) is 24.1. The molecular formula is C26H28N8O4. The van der Waals surface area contributed by atoms with E-state index in [0.717, 1.165) is 16.7 Å². The van der Waals surface area contributed by atoms with E-state index >= 15 is 0 Å². The van der Waals surface area contributed by atoms with Gasteiger partial charge in [-0.3, -0.25) is 4.68 Å². The molecule has 196 valence electrons. The molecule has 1 aliphatic heterocycles. The molecule has 0 unspecified atom stereocenters. The number of nitrogens with one attached hydrogen (secondary N) is 1. The van der Waals surface area contributed by atoms with Crippen molar-refractivity contribution in [1.29, 1.82) is 0 Å². The second-order valence-corrected chi connectivity index (χ2v) is 9.60. The van der Waals surface area contributed by atoms with Crippen LogP contribution in [-0.2, 0) is 11.8 Å². The van der Waals surface area contributed by atoms with E-state index in [2.05, 4.69) is 25.5 Å². The minimum absolute atomic E-state index is 0.0125. The van der Waals surface area contributed by atoms with Crippen LogP contribution in [0.15, 0.2) is 55.0 Å². The maximum atomic E-state index is 11.4. The Kier molecular flexibility index (Phi) is 5.67. The number of nitrogens with two attached hydrogens (primary N) is 1. The molecule has 0 amide bonds. The lowest BCUT2D eigenvalue weighted by molar-refractivity contribution is -0.0664. The molecule has 38 heavy (non-hydrogen) atoms. The van der Waals surface area contributed by atoms with Gasteiger partial charge in [0.25, 0.3) is 0 Å². The third kappa shape index (κ3) is 3.90. The monoisotopic (exact) mass is 516 g/mol. The van der Waals surface area contributed by atoms with Gasteiger partial charge >= 0.3 is 0 Å². The number of aliphatic hydroxyl groups is 2. The molecule has 4 aromatic heterocycles. The number of ether oxygens (including phenoxy) is 2. The van der Waals surface area contributed by atoms with Gasteiger partial charge in [0.05, 0.1) is 16.9 Å². The smallest absolute Gasteiger partial charge is 0.152 e. The lowest BCUT2D eigenvalue weighted by Crippen LogP contribution is -2.43. The Bertz CT molecular complexity index is 1650. The molecule has 0 saturated carbocycles. The molecule has 1 fully saturated rings. The molecule has 4 atom stereocenters. The summed E-state index contributed by atoms with van der Waals surface area (Å²) >= 11 is 0. The largest absolute Gasteiger partial charge is 0.491 e. The van der Waals surface area contributed by atoms with Crippen LogP contribution >= 0.6 is 0 Å². The number of aryl methyl sites for hydroxylation is 1. The summed E-state index contributed by atoms with van der Waals surface area (Å²) in [7, 11) is 3.63. The fourth-order valence-electron chi connectivity index (χ4n) is 4.96. The molecule has 5 aromatic rings. The summed E-state index contributed by atoms with van der Waals surface area (Å²) in [6.07, 6.45) is 0.180. The van der Waals surface area contributed by atoms with Crippen LogP contribution in [0, 0.1) is 0 Å². The van der Waals surface area contributed by atoms with E-state index in [1.165, 1.54) is 13.3 Å². The van der Waals surface area contributed by atoms with Crippen molar-refractivity contribution < 1.29 is 19.7 Å². The summed E-state index contributed by atoms with van der Waals surface area (Å²) in [5.74, 6) is 1.58. The Hall–Kier alpha value is -4.26. The molecule has 1 aromatic carbocycles.